The molecule has 5 nitrogen and oxygen atoms in total. The molecule has 1 amide bonds. The summed E-state index contributed by atoms with van der Waals surface area (Å²) in [6.45, 7) is 0.749. The predicted octanol–water partition coefficient (Wildman–Crippen LogP) is 2.04. The number of hydrogen-bond acceptors (Lipinski definition) is 4. The van der Waals surface area contributed by atoms with Crippen molar-refractivity contribution in [2.45, 2.75) is 25.2 Å². The lowest BCUT2D eigenvalue weighted by Crippen LogP contribution is -2.44. The van der Waals surface area contributed by atoms with Crippen LogP contribution in [-0.2, 0) is 16.1 Å². The summed E-state index contributed by atoms with van der Waals surface area (Å²) in [5.41, 5.74) is 0.672. The van der Waals surface area contributed by atoms with Gasteiger partial charge in [-0.1, -0.05) is 12.1 Å². The number of hydrogen-bond donors (Lipinski definition) is 2. The molecule has 1 saturated heterocycles. The molecule has 1 heterocycles. The summed E-state index contributed by atoms with van der Waals surface area (Å²) in [5, 5.41) is 5.91. The topological polar surface area (TPSA) is 59.6 Å². The normalized spacial score (nSPS) is 17.7. The van der Waals surface area contributed by atoms with Crippen LogP contribution in [-0.4, -0.2) is 44.5 Å². The first-order valence-electron chi connectivity index (χ1n) is 7.29. The third-order valence-electron chi connectivity index (χ3n) is 3.22. The number of alkyl halides is 3. The van der Waals surface area contributed by atoms with Gasteiger partial charge in [0.15, 0.2) is 6.61 Å². The molecule has 1 aliphatic heterocycles. The number of ether oxygens (including phenoxy) is 2. The number of carbonyl (C=O) groups excluding carboxylic acids is 1. The molecule has 0 aromatic heterocycles. The van der Waals surface area contributed by atoms with Gasteiger partial charge in [-0.3, -0.25) is 4.79 Å². The monoisotopic (exact) mass is 368 g/mol. The molecule has 1 aromatic carbocycles. The van der Waals surface area contributed by atoms with Crippen molar-refractivity contribution in [3.63, 3.8) is 0 Å². The molecule has 1 atom stereocenters. The Morgan fingerprint density at radius 3 is 2.88 bits per heavy atom. The third kappa shape index (κ3) is 7.85. The second-order valence-corrected chi connectivity index (χ2v) is 5.26. The molecule has 0 saturated carbocycles. The Balaban J connectivity index is 0.00000288. The second kappa shape index (κ2) is 9.71. The van der Waals surface area contributed by atoms with Gasteiger partial charge in [0.2, 0.25) is 5.91 Å². The van der Waals surface area contributed by atoms with Gasteiger partial charge in [0.05, 0.1) is 13.2 Å². The van der Waals surface area contributed by atoms with E-state index in [0.717, 1.165) is 6.54 Å². The van der Waals surface area contributed by atoms with Crippen molar-refractivity contribution in [2.24, 2.45) is 0 Å². The van der Waals surface area contributed by atoms with E-state index in [0.29, 0.717) is 25.2 Å². The van der Waals surface area contributed by atoms with Gasteiger partial charge in [0.25, 0.3) is 0 Å². The smallest absolute Gasteiger partial charge is 0.422 e. The zero-order chi connectivity index (χ0) is 16.7. The van der Waals surface area contributed by atoms with Crippen LogP contribution in [0.25, 0.3) is 0 Å². The predicted molar refractivity (Wildman–Crippen MR) is 84.3 cm³/mol. The van der Waals surface area contributed by atoms with Gasteiger partial charge in [-0.2, -0.15) is 13.2 Å². The zero-order valence-electron chi connectivity index (χ0n) is 12.9. The fourth-order valence-corrected chi connectivity index (χ4v) is 2.16. The van der Waals surface area contributed by atoms with Crippen molar-refractivity contribution in [3.8, 4) is 5.75 Å². The lowest BCUT2D eigenvalue weighted by Gasteiger charge is -2.23. The van der Waals surface area contributed by atoms with Crippen LogP contribution in [0.4, 0.5) is 13.2 Å². The summed E-state index contributed by atoms with van der Waals surface area (Å²) in [4.78, 5) is 11.8. The minimum absolute atomic E-state index is 0. The summed E-state index contributed by atoms with van der Waals surface area (Å²) in [7, 11) is 0. The standard InChI is InChI=1S/C15H19F3N2O3.ClH/c16-15(17,18)10-23-13-3-1-2-11(6-13)8-20-14(21)7-12-9-22-5-4-19-12;/h1-3,6,12,19H,4-5,7-10H2,(H,20,21);1H. The first-order chi connectivity index (χ1) is 10.9. The minimum atomic E-state index is -4.38. The Morgan fingerprint density at radius 1 is 1.42 bits per heavy atom. The average molecular weight is 369 g/mol. The Kier molecular flexibility index (Phi) is 8.30. The van der Waals surface area contributed by atoms with E-state index in [1.807, 2.05) is 0 Å². The summed E-state index contributed by atoms with van der Waals surface area (Å²) < 4.78 is 46.3. The van der Waals surface area contributed by atoms with Crippen molar-refractivity contribution in [1.29, 1.82) is 0 Å². The highest BCUT2D eigenvalue weighted by Crippen LogP contribution is 2.19. The summed E-state index contributed by atoms with van der Waals surface area (Å²) in [6, 6.07) is 6.21. The molecule has 2 rings (SSSR count). The number of amides is 1. The van der Waals surface area contributed by atoms with Gasteiger partial charge in [-0.25, -0.2) is 0 Å². The summed E-state index contributed by atoms with van der Waals surface area (Å²) in [6.07, 6.45) is -4.08. The van der Waals surface area contributed by atoms with Gasteiger partial charge in [0.1, 0.15) is 5.75 Å². The van der Waals surface area contributed by atoms with Crippen LogP contribution in [0, 0.1) is 0 Å². The van der Waals surface area contributed by atoms with Crippen LogP contribution < -0.4 is 15.4 Å². The second-order valence-electron chi connectivity index (χ2n) is 5.26. The molecule has 0 bridgehead atoms. The van der Waals surface area contributed by atoms with Gasteiger partial charge >= 0.3 is 6.18 Å². The van der Waals surface area contributed by atoms with Crippen LogP contribution in [0.2, 0.25) is 0 Å². The van der Waals surface area contributed by atoms with Crippen molar-refractivity contribution in [3.05, 3.63) is 29.8 Å². The van der Waals surface area contributed by atoms with E-state index < -0.39 is 12.8 Å². The van der Waals surface area contributed by atoms with E-state index in [4.69, 9.17) is 4.74 Å². The van der Waals surface area contributed by atoms with Crippen LogP contribution in [0.5, 0.6) is 5.75 Å². The lowest BCUT2D eigenvalue weighted by molar-refractivity contribution is -0.153. The number of rotatable bonds is 6. The summed E-state index contributed by atoms with van der Waals surface area (Å²) in [5.74, 6) is -0.0222. The summed E-state index contributed by atoms with van der Waals surface area (Å²) >= 11 is 0. The van der Waals surface area contributed by atoms with E-state index >= 15 is 0 Å². The first kappa shape index (κ1) is 20.5. The minimum Gasteiger partial charge on any atom is -0.484 e. The Bertz CT molecular complexity index is 523. The Labute approximate surface area is 144 Å². The molecule has 136 valence electrons. The van der Waals surface area contributed by atoms with E-state index in [1.54, 1.807) is 12.1 Å². The third-order valence-corrected chi connectivity index (χ3v) is 3.22. The Morgan fingerprint density at radius 2 is 2.21 bits per heavy atom. The molecule has 1 aliphatic rings. The van der Waals surface area contributed by atoms with Crippen molar-refractivity contribution < 1.29 is 27.4 Å². The molecule has 2 N–H and O–H groups in total. The highest BCUT2D eigenvalue weighted by Gasteiger charge is 2.28. The highest BCUT2D eigenvalue weighted by atomic mass is 35.5. The number of halogens is 4. The molecule has 0 aliphatic carbocycles. The average Bonchev–Trinajstić information content (AvgIpc) is 2.52. The molecule has 0 spiro atoms. The number of benzene rings is 1. The van der Waals surface area contributed by atoms with Gasteiger partial charge in [-0.15, -0.1) is 12.4 Å². The largest absolute Gasteiger partial charge is 0.484 e. The van der Waals surface area contributed by atoms with Crippen molar-refractivity contribution in [2.75, 3.05) is 26.4 Å². The number of nitrogens with one attached hydrogen (secondary N) is 2. The van der Waals surface area contributed by atoms with Crippen LogP contribution in [0.3, 0.4) is 0 Å². The van der Waals surface area contributed by atoms with Crippen LogP contribution in [0.1, 0.15) is 12.0 Å². The van der Waals surface area contributed by atoms with Gasteiger partial charge in [0, 0.05) is 25.6 Å². The molecule has 1 unspecified atom stereocenters. The molecule has 1 aromatic rings. The SMILES string of the molecule is Cl.O=C(CC1COCCN1)NCc1cccc(OCC(F)(F)F)c1. The quantitative estimate of drug-likeness (QED) is 0.807. The first-order valence-corrected chi connectivity index (χ1v) is 7.29. The highest BCUT2D eigenvalue weighted by molar-refractivity contribution is 5.85. The van der Waals surface area contributed by atoms with Crippen molar-refractivity contribution >= 4 is 18.3 Å². The van der Waals surface area contributed by atoms with Gasteiger partial charge in [-0.05, 0) is 17.7 Å². The van der Waals surface area contributed by atoms with Crippen LogP contribution >= 0.6 is 12.4 Å². The molecule has 24 heavy (non-hydrogen) atoms. The molecule has 0 radical (unpaired) electrons. The van der Waals surface area contributed by atoms with E-state index in [1.165, 1.54) is 12.1 Å². The Hall–Kier alpha value is -1.51. The maximum atomic E-state index is 12.1. The zero-order valence-corrected chi connectivity index (χ0v) is 13.7. The molecular formula is C15H20ClF3N2O3. The fourth-order valence-electron chi connectivity index (χ4n) is 2.16. The maximum absolute atomic E-state index is 12.1. The maximum Gasteiger partial charge on any atom is 0.422 e. The molecular weight excluding hydrogens is 349 g/mol. The fraction of sp³-hybridized carbons (Fsp3) is 0.533. The van der Waals surface area contributed by atoms with E-state index in [-0.39, 0.29) is 36.7 Å². The molecule has 1 fully saturated rings. The number of morpholine rings is 1. The lowest BCUT2D eigenvalue weighted by atomic mass is 10.1. The van der Waals surface area contributed by atoms with Crippen LogP contribution in [0.15, 0.2) is 24.3 Å². The molecule has 9 heteroatoms. The van der Waals surface area contributed by atoms with Gasteiger partial charge < -0.3 is 20.1 Å². The number of carbonyl (C=O) groups is 1. The van der Waals surface area contributed by atoms with E-state index in [2.05, 4.69) is 15.4 Å². The van der Waals surface area contributed by atoms with E-state index in [9.17, 15) is 18.0 Å². The van der Waals surface area contributed by atoms with Crippen molar-refractivity contribution in [1.82, 2.24) is 10.6 Å².